The summed E-state index contributed by atoms with van der Waals surface area (Å²) < 4.78 is 6.10. The number of benzene rings is 2. The minimum absolute atomic E-state index is 0.263. The Morgan fingerprint density at radius 2 is 1.65 bits per heavy atom. The number of hydrogen-bond donors (Lipinski definition) is 1. The first-order valence-corrected chi connectivity index (χ1v) is 12.2. The fraction of sp³-hybridized carbons (Fsp3) is 0.300. The Hall–Kier alpha value is -2.60. The predicted octanol–water partition coefficient (Wildman–Crippen LogP) is 3.72. The van der Waals surface area contributed by atoms with Crippen LogP contribution in [0.1, 0.15) is 18.1 Å². The number of carbonyl (C=O) groups excluding carboxylic acids is 2. The van der Waals surface area contributed by atoms with Crippen molar-refractivity contribution in [1.29, 1.82) is 0 Å². The highest BCUT2D eigenvalue weighted by Gasteiger charge is 2.53. The first-order valence-electron chi connectivity index (χ1n) is 8.77. The molecule has 1 unspecified atom stereocenters. The molecule has 1 aliphatic heterocycles. The maximum atomic E-state index is 13.3. The van der Waals surface area contributed by atoms with Crippen molar-refractivity contribution in [1.82, 2.24) is 10.2 Å². The summed E-state index contributed by atoms with van der Waals surface area (Å²) in [5.74, 6) is 0.454. The summed E-state index contributed by atoms with van der Waals surface area (Å²) in [5, 5.41) is 2.93. The minimum atomic E-state index is -1.80. The lowest BCUT2D eigenvalue weighted by Crippen LogP contribution is -2.45. The second-order valence-electron chi connectivity index (χ2n) is 7.34. The zero-order valence-electron chi connectivity index (χ0n) is 15.6. The number of nitrogens with one attached hydrogen (secondary N) is 1. The maximum absolute atomic E-state index is 13.3. The average molecular weight is 369 g/mol. The highest BCUT2D eigenvalue weighted by Crippen LogP contribution is 2.37. The van der Waals surface area contributed by atoms with Gasteiger partial charge in [0.2, 0.25) is 8.32 Å². The monoisotopic (exact) mass is 368 g/mol. The molecule has 2 aromatic carbocycles. The number of nitrogens with zero attached hydrogens (tertiary/aromatic N) is 1. The van der Waals surface area contributed by atoms with E-state index in [2.05, 4.69) is 25.0 Å². The number of carbonyl (C=O) groups is 2. The average Bonchev–Trinajstić information content (AvgIpc) is 2.85. The van der Waals surface area contributed by atoms with Crippen LogP contribution in [0.4, 0.5) is 4.79 Å². The van der Waals surface area contributed by atoms with E-state index in [0.717, 1.165) is 5.56 Å². The molecular weight excluding hydrogens is 344 g/mol. The van der Waals surface area contributed by atoms with Gasteiger partial charge in [-0.1, -0.05) is 42.5 Å². The van der Waals surface area contributed by atoms with Gasteiger partial charge in [0, 0.05) is 6.54 Å². The molecule has 5 nitrogen and oxygen atoms in total. The van der Waals surface area contributed by atoms with Crippen molar-refractivity contribution in [2.75, 3.05) is 6.54 Å². The quantitative estimate of drug-likeness (QED) is 0.646. The van der Waals surface area contributed by atoms with Gasteiger partial charge in [0.15, 0.2) is 5.54 Å². The van der Waals surface area contributed by atoms with Crippen LogP contribution in [0.3, 0.4) is 0 Å². The lowest BCUT2D eigenvalue weighted by molar-refractivity contribution is -0.130. The molecule has 0 aliphatic carbocycles. The van der Waals surface area contributed by atoms with Gasteiger partial charge in [-0.3, -0.25) is 9.69 Å². The van der Waals surface area contributed by atoms with Gasteiger partial charge in [0.1, 0.15) is 5.75 Å². The molecule has 136 valence electrons. The summed E-state index contributed by atoms with van der Waals surface area (Å²) >= 11 is 0. The van der Waals surface area contributed by atoms with Crippen molar-refractivity contribution in [3.8, 4) is 5.75 Å². The van der Waals surface area contributed by atoms with E-state index in [1.807, 2.05) is 54.6 Å². The molecule has 0 aromatic heterocycles. The fourth-order valence-corrected chi connectivity index (χ4v) is 4.09. The van der Waals surface area contributed by atoms with Gasteiger partial charge in [0.05, 0.1) is 0 Å². The zero-order valence-corrected chi connectivity index (χ0v) is 16.6. The van der Waals surface area contributed by atoms with Gasteiger partial charge < -0.3 is 9.74 Å². The lowest BCUT2D eigenvalue weighted by Gasteiger charge is -2.29. The largest absolute Gasteiger partial charge is 0.544 e. The minimum Gasteiger partial charge on any atom is -0.544 e. The Morgan fingerprint density at radius 1 is 1.00 bits per heavy atom. The van der Waals surface area contributed by atoms with Crippen LogP contribution in [0.2, 0.25) is 19.6 Å². The molecule has 1 saturated heterocycles. The van der Waals surface area contributed by atoms with Crippen LogP contribution in [-0.4, -0.2) is 31.7 Å². The molecule has 2 aromatic rings. The summed E-state index contributed by atoms with van der Waals surface area (Å²) in [7, 11) is -1.80. The van der Waals surface area contributed by atoms with Crippen LogP contribution >= 0.6 is 0 Å². The summed E-state index contributed by atoms with van der Waals surface area (Å²) in [6, 6.07) is 16.5. The Bertz CT molecular complexity index is 832. The topological polar surface area (TPSA) is 58.6 Å². The van der Waals surface area contributed by atoms with Gasteiger partial charge in [0.25, 0.3) is 5.91 Å². The van der Waals surface area contributed by atoms with Gasteiger partial charge in [-0.05, 0) is 49.8 Å². The van der Waals surface area contributed by atoms with Crippen LogP contribution in [0.25, 0.3) is 0 Å². The third kappa shape index (κ3) is 3.12. The molecule has 1 N–H and O–H groups in total. The van der Waals surface area contributed by atoms with E-state index < -0.39 is 13.9 Å². The van der Waals surface area contributed by atoms with Crippen molar-refractivity contribution in [3.63, 3.8) is 0 Å². The lowest BCUT2D eigenvalue weighted by atomic mass is 9.82. The number of rotatable bonds is 5. The molecule has 1 atom stereocenters. The highest BCUT2D eigenvalue weighted by molar-refractivity contribution is 6.70. The molecule has 0 saturated carbocycles. The normalized spacial score (nSPS) is 20.2. The van der Waals surface area contributed by atoms with Gasteiger partial charge in [-0.25, -0.2) is 4.79 Å². The smallest absolute Gasteiger partial charge is 0.325 e. The first kappa shape index (κ1) is 18.2. The summed E-state index contributed by atoms with van der Waals surface area (Å²) in [6.45, 7) is 8.43. The molecule has 0 bridgehead atoms. The van der Waals surface area contributed by atoms with Crippen LogP contribution in [0, 0.1) is 0 Å². The molecule has 1 heterocycles. The van der Waals surface area contributed by atoms with E-state index >= 15 is 0 Å². The van der Waals surface area contributed by atoms with Crippen molar-refractivity contribution >= 4 is 20.3 Å². The standard InChI is InChI=1S/C20H24N2O3Si/c1-5-22-18(23)20(21-19(22)24,15-10-7-6-8-11-15)16-12-9-13-17(14-16)25-26(2,3)4/h6-14H,5H2,1-4H3,(H,21,24). The third-order valence-corrected chi connectivity index (χ3v) is 5.17. The Balaban J connectivity index is 2.16. The van der Waals surface area contributed by atoms with Gasteiger partial charge in [-0.15, -0.1) is 0 Å². The van der Waals surface area contributed by atoms with Gasteiger partial charge in [-0.2, -0.15) is 0 Å². The zero-order chi connectivity index (χ0) is 18.9. The second-order valence-corrected chi connectivity index (χ2v) is 11.8. The Labute approximate surface area is 155 Å². The fourth-order valence-electron chi connectivity index (χ4n) is 3.26. The van der Waals surface area contributed by atoms with E-state index in [9.17, 15) is 9.59 Å². The summed E-state index contributed by atoms with van der Waals surface area (Å²) in [4.78, 5) is 27.0. The number of likely N-dealkylation sites (N-methyl/N-ethyl adjacent to an activating group) is 1. The molecule has 3 amide bonds. The SMILES string of the molecule is CCN1C(=O)NC(c2ccccc2)(c2cccc(O[Si](C)(C)C)c2)C1=O. The molecule has 26 heavy (non-hydrogen) atoms. The number of urea groups is 1. The summed E-state index contributed by atoms with van der Waals surface area (Å²) in [5.41, 5.74) is 0.209. The Kier molecular flexibility index (Phi) is 4.62. The van der Waals surface area contributed by atoms with Crippen molar-refractivity contribution in [2.45, 2.75) is 32.1 Å². The number of amides is 3. The van der Waals surface area contributed by atoms with Crippen molar-refractivity contribution < 1.29 is 14.0 Å². The van der Waals surface area contributed by atoms with Crippen LogP contribution in [-0.2, 0) is 10.3 Å². The van der Waals surface area contributed by atoms with Crippen molar-refractivity contribution in [2.24, 2.45) is 0 Å². The number of hydrogen-bond acceptors (Lipinski definition) is 3. The molecule has 0 spiro atoms. The van der Waals surface area contributed by atoms with E-state index in [1.165, 1.54) is 4.90 Å². The van der Waals surface area contributed by atoms with E-state index in [4.69, 9.17) is 4.43 Å². The molecule has 1 aliphatic rings. The van der Waals surface area contributed by atoms with Crippen LogP contribution in [0.5, 0.6) is 5.75 Å². The Morgan fingerprint density at radius 3 is 2.23 bits per heavy atom. The molecule has 1 fully saturated rings. The molecule has 0 radical (unpaired) electrons. The molecular formula is C20H24N2O3Si. The van der Waals surface area contributed by atoms with Crippen molar-refractivity contribution in [3.05, 3.63) is 65.7 Å². The highest BCUT2D eigenvalue weighted by atomic mass is 28.4. The van der Waals surface area contributed by atoms with Crippen LogP contribution < -0.4 is 9.74 Å². The first-order chi connectivity index (χ1) is 12.3. The predicted molar refractivity (Wildman–Crippen MR) is 104 cm³/mol. The van der Waals surface area contributed by atoms with E-state index in [-0.39, 0.29) is 11.9 Å². The maximum Gasteiger partial charge on any atom is 0.325 e. The van der Waals surface area contributed by atoms with E-state index in [1.54, 1.807) is 6.92 Å². The number of imide groups is 1. The van der Waals surface area contributed by atoms with Gasteiger partial charge >= 0.3 is 6.03 Å². The molecule has 6 heteroatoms. The second kappa shape index (κ2) is 6.61. The van der Waals surface area contributed by atoms with E-state index in [0.29, 0.717) is 17.9 Å². The van der Waals surface area contributed by atoms with Crippen LogP contribution in [0.15, 0.2) is 54.6 Å². The summed E-state index contributed by atoms with van der Waals surface area (Å²) in [6.07, 6.45) is 0. The molecule has 3 rings (SSSR count). The third-order valence-electron chi connectivity index (χ3n) is 4.32.